The second-order valence-electron chi connectivity index (χ2n) is 5.40. The van der Waals surface area contributed by atoms with Crippen molar-refractivity contribution in [2.75, 3.05) is 25.1 Å². The first-order valence-electron chi connectivity index (χ1n) is 6.64. The Morgan fingerprint density at radius 3 is 3.00 bits per heavy atom. The van der Waals surface area contributed by atoms with Crippen LogP contribution in [0.5, 0.6) is 5.88 Å². The summed E-state index contributed by atoms with van der Waals surface area (Å²) in [6.07, 6.45) is 5.31. The van der Waals surface area contributed by atoms with Gasteiger partial charge in [-0.15, -0.1) is 0 Å². The maximum atomic E-state index is 6.05. The van der Waals surface area contributed by atoms with Gasteiger partial charge in [0.25, 0.3) is 0 Å². The van der Waals surface area contributed by atoms with Gasteiger partial charge >= 0.3 is 0 Å². The highest BCUT2D eigenvalue weighted by Gasteiger charge is 2.37. The Morgan fingerprint density at radius 1 is 1.33 bits per heavy atom. The number of hydrogen-bond acceptors (Lipinski definition) is 5. The van der Waals surface area contributed by atoms with Gasteiger partial charge in [0.1, 0.15) is 0 Å². The molecule has 2 fully saturated rings. The molecule has 3 rings (SSSR count). The van der Waals surface area contributed by atoms with Gasteiger partial charge in [-0.2, -0.15) is 4.98 Å². The molecule has 18 heavy (non-hydrogen) atoms. The van der Waals surface area contributed by atoms with Crippen molar-refractivity contribution >= 4 is 5.95 Å². The van der Waals surface area contributed by atoms with Crippen LogP contribution >= 0.6 is 0 Å². The Balaban J connectivity index is 1.74. The maximum Gasteiger partial charge on any atom is 0.228 e. The average molecular weight is 248 g/mol. The first kappa shape index (κ1) is 11.7. The quantitative estimate of drug-likeness (QED) is 0.847. The van der Waals surface area contributed by atoms with E-state index in [1.807, 2.05) is 0 Å². The largest absolute Gasteiger partial charge is 0.481 e. The summed E-state index contributed by atoms with van der Waals surface area (Å²) in [5.41, 5.74) is 6.05. The molecule has 2 aliphatic rings. The van der Waals surface area contributed by atoms with Crippen molar-refractivity contribution in [3.8, 4) is 5.88 Å². The molecular formula is C13H20N4O. The van der Waals surface area contributed by atoms with E-state index in [0.29, 0.717) is 17.8 Å². The third-order valence-corrected chi connectivity index (χ3v) is 4.20. The van der Waals surface area contributed by atoms with Crippen molar-refractivity contribution in [3.63, 3.8) is 0 Å². The highest BCUT2D eigenvalue weighted by Crippen LogP contribution is 2.36. The molecule has 1 aromatic rings. The normalized spacial score (nSPS) is 31.2. The van der Waals surface area contributed by atoms with Crippen LogP contribution < -0.4 is 15.4 Å². The molecule has 1 aliphatic carbocycles. The highest BCUT2D eigenvalue weighted by atomic mass is 16.5. The van der Waals surface area contributed by atoms with Crippen LogP contribution in [0.3, 0.4) is 0 Å². The molecule has 5 heteroatoms. The summed E-state index contributed by atoms with van der Waals surface area (Å²) in [5.74, 6) is 2.90. The summed E-state index contributed by atoms with van der Waals surface area (Å²) in [5, 5.41) is 0. The van der Waals surface area contributed by atoms with E-state index in [1.54, 1.807) is 19.4 Å². The van der Waals surface area contributed by atoms with Crippen LogP contribution in [0.2, 0.25) is 0 Å². The van der Waals surface area contributed by atoms with Gasteiger partial charge in [-0.1, -0.05) is 0 Å². The van der Waals surface area contributed by atoms with Crippen LogP contribution in [0.25, 0.3) is 0 Å². The first-order valence-corrected chi connectivity index (χ1v) is 6.64. The van der Waals surface area contributed by atoms with Gasteiger partial charge in [0.15, 0.2) is 0 Å². The molecule has 0 aromatic carbocycles. The predicted octanol–water partition coefficient (Wildman–Crippen LogP) is 1.05. The standard InChI is InChI=1S/C13H20N4O/c1-18-12-4-5-15-13(16-12)17-7-9-2-3-11(14)6-10(9)8-17/h4-5,9-11H,2-3,6-8,14H2,1H3/t9-,10+,11?/m0/s1. The van der Waals surface area contributed by atoms with Crippen LogP contribution in [-0.2, 0) is 0 Å². The van der Waals surface area contributed by atoms with Crippen molar-refractivity contribution in [2.45, 2.75) is 25.3 Å². The van der Waals surface area contributed by atoms with E-state index in [4.69, 9.17) is 10.5 Å². The zero-order valence-electron chi connectivity index (χ0n) is 10.7. The fourth-order valence-corrected chi connectivity index (χ4v) is 3.23. The number of aromatic nitrogens is 2. The van der Waals surface area contributed by atoms with Gasteiger partial charge in [-0.05, 0) is 31.1 Å². The Bertz CT molecular complexity index is 425. The molecule has 0 radical (unpaired) electrons. The van der Waals surface area contributed by atoms with Gasteiger partial charge in [-0.25, -0.2) is 4.98 Å². The van der Waals surface area contributed by atoms with Gasteiger partial charge in [-0.3, -0.25) is 0 Å². The van der Waals surface area contributed by atoms with Crippen molar-refractivity contribution in [1.82, 2.24) is 9.97 Å². The predicted molar refractivity (Wildman–Crippen MR) is 69.6 cm³/mol. The number of nitrogens with two attached hydrogens (primary N) is 1. The molecule has 0 amide bonds. The lowest BCUT2D eigenvalue weighted by Crippen LogP contribution is -2.32. The van der Waals surface area contributed by atoms with Crippen LogP contribution in [0.1, 0.15) is 19.3 Å². The monoisotopic (exact) mass is 248 g/mol. The van der Waals surface area contributed by atoms with Crippen LogP contribution in [0.15, 0.2) is 12.3 Å². The Morgan fingerprint density at radius 2 is 2.17 bits per heavy atom. The average Bonchev–Trinajstić information content (AvgIpc) is 2.81. The lowest BCUT2D eigenvalue weighted by Gasteiger charge is -2.27. The van der Waals surface area contributed by atoms with E-state index in [1.165, 1.54) is 6.42 Å². The molecular weight excluding hydrogens is 228 g/mol. The molecule has 1 unspecified atom stereocenters. The van der Waals surface area contributed by atoms with Gasteiger partial charge < -0.3 is 15.4 Å². The van der Waals surface area contributed by atoms with Gasteiger partial charge in [0, 0.05) is 31.4 Å². The SMILES string of the molecule is COc1ccnc(N2C[C@H]3CC(N)CC[C@H]3C2)n1. The summed E-state index contributed by atoms with van der Waals surface area (Å²) >= 11 is 0. The molecule has 1 saturated carbocycles. The number of nitrogens with zero attached hydrogens (tertiary/aromatic N) is 3. The summed E-state index contributed by atoms with van der Waals surface area (Å²) in [4.78, 5) is 11.0. The second kappa shape index (κ2) is 4.72. The number of anilines is 1. The van der Waals surface area contributed by atoms with Crippen molar-refractivity contribution in [2.24, 2.45) is 17.6 Å². The van der Waals surface area contributed by atoms with Crippen molar-refractivity contribution < 1.29 is 4.74 Å². The highest BCUT2D eigenvalue weighted by molar-refractivity contribution is 5.34. The fraction of sp³-hybridized carbons (Fsp3) is 0.692. The lowest BCUT2D eigenvalue weighted by atomic mass is 9.79. The molecule has 0 spiro atoms. The van der Waals surface area contributed by atoms with E-state index in [2.05, 4.69) is 14.9 Å². The topological polar surface area (TPSA) is 64.3 Å². The van der Waals surface area contributed by atoms with Gasteiger partial charge in [0.05, 0.1) is 7.11 Å². The van der Waals surface area contributed by atoms with E-state index < -0.39 is 0 Å². The molecule has 1 saturated heterocycles. The minimum absolute atomic E-state index is 0.387. The number of hydrogen-bond donors (Lipinski definition) is 1. The Hall–Kier alpha value is -1.36. The van der Waals surface area contributed by atoms with E-state index in [-0.39, 0.29) is 0 Å². The molecule has 1 aliphatic heterocycles. The van der Waals surface area contributed by atoms with Crippen molar-refractivity contribution in [3.05, 3.63) is 12.3 Å². The number of methoxy groups -OCH3 is 1. The number of rotatable bonds is 2. The molecule has 5 nitrogen and oxygen atoms in total. The van der Waals surface area contributed by atoms with E-state index in [9.17, 15) is 0 Å². The third-order valence-electron chi connectivity index (χ3n) is 4.20. The van der Waals surface area contributed by atoms with Crippen molar-refractivity contribution in [1.29, 1.82) is 0 Å². The maximum absolute atomic E-state index is 6.05. The van der Waals surface area contributed by atoms with E-state index in [0.717, 1.165) is 37.8 Å². The van der Waals surface area contributed by atoms with Gasteiger partial charge in [0.2, 0.25) is 11.8 Å². The molecule has 98 valence electrons. The summed E-state index contributed by atoms with van der Waals surface area (Å²) in [6, 6.07) is 2.17. The number of fused-ring (bicyclic) bond motifs is 1. The zero-order chi connectivity index (χ0) is 12.5. The second-order valence-corrected chi connectivity index (χ2v) is 5.40. The fourth-order valence-electron chi connectivity index (χ4n) is 3.23. The molecule has 2 N–H and O–H groups in total. The summed E-state index contributed by atoms with van der Waals surface area (Å²) in [6.45, 7) is 2.09. The lowest BCUT2D eigenvalue weighted by molar-refractivity contribution is 0.271. The smallest absolute Gasteiger partial charge is 0.228 e. The minimum Gasteiger partial charge on any atom is -0.481 e. The van der Waals surface area contributed by atoms with E-state index >= 15 is 0 Å². The Labute approximate surface area is 107 Å². The van der Waals surface area contributed by atoms with Crippen LogP contribution in [-0.4, -0.2) is 36.2 Å². The third kappa shape index (κ3) is 2.14. The summed E-state index contributed by atoms with van der Waals surface area (Å²) < 4.78 is 5.15. The summed E-state index contributed by atoms with van der Waals surface area (Å²) in [7, 11) is 1.63. The number of ether oxygens (including phenoxy) is 1. The zero-order valence-corrected chi connectivity index (χ0v) is 10.7. The first-order chi connectivity index (χ1) is 8.76. The molecule has 2 heterocycles. The van der Waals surface area contributed by atoms with Crippen LogP contribution in [0, 0.1) is 11.8 Å². The molecule has 1 aromatic heterocycles. The molecule has 0 bridgehead atoms. The molecule has 3 atom stereocenters. The Kier molecular flexibility index (Phi) is 3.07. The minimum atomic E-state index is 0.387. The van der Waals surface area contributed by atoms with Crippen LogP contribution in [0.4, 0.5) is 5.95 Å².